The molecule has 0 atom stereocenters. The Hall–Kier alpha value is -1.43. The van der Waals surface area contributed by atoms with Gasteiger partial charge in [-0.15, -0.1) is 5.10 Å². The van der Waals surface area contributed by atoms with Crippen LogP contribution in [0.5, 0.6) is 0 Å². The molecule has 2 aromatic rings. The maximum absolute atomic E-state index is 12.1. The van der Waals surface area contributed by atoms with Gasteiger partial charge in [0, 0.05) is 23.0 Å². The minimum atomic E-state index is -0.182. The van der Waals surface area contributed by atoms with E-state index in [1.807, 2.05) is 0 Å². The Labute approximate surface area is 120 Å². The Bertz CT molecular complexity index is 577. The van der Waals surface area contributed by atoms with Crippen molar-refractivity contribution in [3.8, 4) is 0 Å². The van der Waals surface area contributed by atoms with Gasteiger partial charge in [-0.25, -0.2) is 0 Å². The summed E-state index contributed by atoms with van der Waals surface area (Å²) in [7, 11) is 0. The molecule has 0 saturated heterocycles. The van der Waals surface area contributed by atoms with Gasteiger partial charge < -0.3 is 5.73 Å². The van der Waals surface area contributed by atoms with Gasteiger partial charge in [-0.1, -0.05) is 34.5 Å². The highest BCUT2D eigenvalue weighted by molar-refractivity contribution is 6.36. The summed E-state index contributed by atoms with van der Waals surface area (Å²) >= 11 is 12.0. The second-order valence-corrected chi connectivity index (χ2v) is 4.77. The van der Waals surface area contributed by atoms with Crippen LogP contribution in [-0.4, -0.2) is 27.3 Å². The number of halogens is 2. The van der Waals surface area contributed by atoms with E-state index < -0.39 is 0 Å². The number of benzene rings is 1. The Morgan fingerprint density at radius 2 is 2.00 bits per heavy atom. The summed E-state index contributed by atoms with van der Waals surface area (Å²) < 4.78 is 1.53. The van der Waals surface area contributed by atoms with Crippen molar-refractivity contribution in [3.63, 3.8) is 0 Å². The molecule has 0 fully saturated rings. The summed E-state index contributed by atoms with van der Waals surface area (Å²) in [6.07, 6.45) is 1.67. The maximum atomic E-state index is 12.1. The molecular formula is C12H12Cl2N4O. The summed E-state index contributed by atoms with van der Waals surface area (Å²) in [6.45, 7) is 0.959. The van der Waals surface area contributed by atoms with Gasteiger partial charge in [-0.05, 0) is 17.7 Å². The third kappa shape index (κ3) is 3.32. The predicted molar refractivity (Wildman–Crippen MR) is 73.6 cm³/mol. The van der Waals surface area contributed by atoms with Gasteiger partial charge in [-0.2, -0.15) is 0 Å². The van der Waals surface area contributed by atoms with Gasteiger partial charge >= 0.3 is 0 Å². The Kier molecular flexibility index (Phi) is 4.52. The third-order valence-electron chi connectivity index (χ3n) is 2.58. The summed E-state index contributed by atoms with van der Waals surface area (Å²) in [4.78, 5) is 12.1. The molecule has 0 unspecified atom stereocenters. The van der Waals surface area contributed by atoms with Gasteiger partial charge in [0.2, 0.25) is 0 Å². The molecule has 0 radical (unpaired) electrons. The van der Waals surface area contributed by atoms with Crippen LogP contribution < -0.4 is 5.73 Å². The molecule has 100 valence electrons. The van der Waals surface area contributed by atoms with Crippen LogP contribution in [0.3, 0.4) is 0 Å². The minimum Gasteiger partial charge on any atom is -0.329 e. The highest BCUT2D eigenvalue weighted by atomic mass is 35.5. The van der Waals surface area contributed by atoms with E-state index >= 15 is 0 Å². The van der Waals surface area contributed by atoms with E-state index in [4.69, 9.17) is 28.9 Å². The van der Waals surface area contributed by atoms with Crippen molar-refractivity contribution in [2.75, 3.05) is 6.54 Å². The molecule has 7 heteroatoms. The molecule has 0 aliphatic carbocycles. The van der Waals surface area contributed by atoms with E-state index in [-0.39, 0.29) is 17.9 Å². The van der Waals surface area contributed by atoms with E-state index in [2.05, 4.69) is 10.3 Å². The van der Waals surface area contributed by atoms with Crippen molar-refractivity contribution in [2.45, 2.75) is 13.0 Å². The number of aromatic nitrogens is 3. The highest BCUT2D eigenvalue weighted by Gasteiger charge is 2.15. The van der Waals surface area contributed by atoms with E-state index in [0.29, 0.717) is 28.7 Å². The van der Waals surface area contributed by atoms with Gasteiger partial charge in [0.15, 0.2) is 5.78 Å². The molecule has 1 heterocycles. The lowest BCUT2D eigenvalue weighted by atomic mass is 10.1. The van der Waals surface area contributed by atoms with Crippen LogP contribution in [0, 0.1) is 0 Å². The molecule has 5 nitrogen and oxygen atoms in total. The first-order valence-corrected chi connectivity index (χ1v) is 6.43. The Morgan fingerprint density at radius 1 is 1.32 bits per heavy atom. The van der Waals surface area contributed by atoms with Crippen molar-refractivity contribution in [1.29, 1.82) is 0 Å². The summed E-state index contributed by atoms with van der Waals surface area (Å²) in [5.74, 6) is -0.182. The standard InChI is InChI=1S/C12H12Cl2N4O/c13-9-2-1-3-10(14)8(9)6-12(19)11-7-18(5-4-15)17-16-11/h1-3,7H,4-6,15H2. The highest BCUT2D eigenvalue weighted by Crippen LogP contribution is 2.25. The monoisotopic (exact) mass is 298 g/mol. The fourth-order valence-electron chi connectivity index (χ4n) is 1.62. The van der Waals surface area contributed by atoms with Gasteiger partial charge in [0.1, 0.15) is 5.69 Å². The molecule has 0 bridgehead atoms. The number of Topliss-reactive ketones (excluding diaryl/α,β-unsaturated/α-hetero) is 1. The van der Waals surface area contributed by atoms with Crippen LogP contribution in [0.1, 0.15) is 16.1 Å². The number of hydrogen-bond donors (Lipinski definition) is 1. The number of hydrogen-bond acceptors (Lipinski definition) is 4. The number of nitrogens with zero attached hydrogens (tertiary/aromatic N) is 3. The largest absolute Gasteiger partial charge is 0.329 e. The second-order valence-electron chi connectivity index (χ2n) is 3.96. The smallest absolute Gasteiger partial charge is 0.189 e. The average Bonchev–Trinajstić information content (AvgIpc) is 2.83. The molecule has 1 aromatic carbocycles. The van der Waals surface area contributed by atoms with Gasteiger partial charge in [0.05, 0.1) is 12.7 Å². The van der Waals surface area contributed by atoms with E-state index in [9.17, 15) is 4.79 Å². The number of nitrogens with two attached hydrogens (primary N) is 1. The first kappa shape index (κ1) is 14.0. The molecule has 2 rings (SSSR count). The summed E-state index contributed by atoms with van der Waals surface area (Å²) in [5, 5.41) is 8.56. The number of rotatable bonds is 5. The van der Waals surface area contributed by atoms with Gasteiger partial charge in [0.25, 0.3) is 0 Å². The van der Waals surface area contributed by atoms with Crippen molar-refractivity contribution >= 4 is 29.0 Å². The van der Waals surface area contributed by atoms with E-state index in [1.54, 1.807) is 24.4 Å². The lowest BCUT2D eigenvalue weighted by Crippen LogP contribution is -2.10. The first-order valence-electron chi connectivity index (χ1n) is 5.68. The van der Waals surface area contributed by atoms with E-state index in [1.165, 1.54) is 4.68 Å². The van der Waals surface area contributed by atoms with Crippen LogP contribution in [0.15, 0.2) is 24.4 Å². The zero-order valence-electron chi connectivity index (χ0n) is 10.0. The van der Waals surface area contributed by atoms with Crippen LogP contribution in [0.25, 0.3) is 0 Å². The summed E-state index contributed by atoms with van der Waals surface area (Å²) in [6, 6.07) is 5.12. The first-order chi connectivity index (χ1) is 9.11. The molecule has 0 aliphatic heterocycles. The molecule has 19 heavy (non-hydrogen) atoms. The second kappa shape index (κ2) is 6.14. The Morgan fingerprint density at radius 3 is 2.63 bits per heavy atom. The van der Waals surface area contributed by atoms with Crippen molar-refractivity contribution < 1.29 is 4.79 Å². The molecule has 2 N–H and O–H groups in total. The zero-order valence-corrected chi connectivity index (χ0v) is 11.5. The topological polar surface area (TPSA) is 73.8 Å². The lowest BCUT2D eigenvalue weighted by Gasteiger charge is -2.04. The van der Waals surface area contributed by atoms with Gasteiger partial charge in [-0.3, -0.25) is 9.48 Å². The third-order valence-corrected chi connectivity index (χ3v) is 3.29. The van der Waals surface area contributed by atoms with E-state index in [0.717, 1.165) is 0 Å². The number of carbonyl (C=O) groups excluding carboxylic acids is 1. The van der Waals surface area contributed by atoms with Crippen LogP contribution in [0.4, 0.5) is 0 Å². The average molecular weight is 299 g/mol. The maximum Gasteiger partial charge on any atom is 0.189 e. The fourth-order valence-corrected chi connectivity index (χ4v) is 2.15. The Balaban J connectivity index is 2.16. The molecule has 1 aromatic heterocycles. The van der Waals surface area contributed by atoms with Crippen molar-refractivity contribution in [1.82, 2.24) is 15.0 Å². The number of carbonyl (C=O) groups is 1. The molecule has 0 amide bonds. The van der Waals surface area contributed by atoms with Crippen LogP contribution in [0.2, 0.25) is 10.0 Å². The number of ketones is 1. The van der Waals surface area contributed by atoms with Crippen molar-refractivity contribution in [3.05, 3.63) is 45.7 Å². The fraction of sp³-hybridized carbons (Fsp3) is 0.250. The minimum absolute atomic E-state index is 0.0970. The SMILES string of the molecule is NCCn1cc(C(=O)Cc2c(Cl)cccc2Cl)nn1. The van der Waals surface area contributed by atoms with Crippen LogP contribution >= 0.6 is 23.2 Å². The molecular weight excluding hydrogens is 287 g/mol. The lowest BCUT2D eigenvalue weighted by molar-refractivity contribution is 0.0988. The predicted octanol–water partition coefficient (Wildman–Crippen LogP) is 1.97. The normalized spacial score (nSPS) is 10.7. The molecule has 0 spiro atoms. The quantitative estimate of drug-likeness (QED) is 0.857. The zero-order chi connectivity index (χ0) is 13.8. The molecule has 0 aliphatic rings. The summed E-state index contributed by atoms with van der Waals surface area (Å²) in [5.41, 5.74) is 6.28. The van der Waals surface area contributed by atoms with Crippen LogP contribution in [-0.2, 0) is 13.0 Å². The molecule has 0 saturated carbocycles. The van der Waals surface area contributed by atoms with Crippen molar-refractivity contribution in [2.24, 2.45) is 5.73 Å².